The van der Waals surface area contributed by atoms with Crippen LogP contribution in [0.4, 0.5) is 0 Å². The molecule has 1 aromatic carbocycles. The number of nitrogens with one attached hydrogen (secondary N) is 1. The normalized spacial score (nSPS) is 10.3. The first kappa shape index (κ1) is 16.6. The standard InChI is InChI=1S/C17H19NO5/c1-11-4-3-5-13(8-11)22-7-6-18-17(21)16-12(2)10-23-14(16)9-15(19)20/h3-5,8,10H,6-7,9H2,1-2H3,(H,18,21)(H,19,20). The van der Waals surface area contributed by atoms with E-state index in [2.05, 4.69) is 5.32 Å². The number of furan rings is 1. The Morgan fingerprint density at radius 3 is 2.78 bits per heavy atom. The van der Waals surface area contributed by atoms with Gasteiger partial charge in [0.1, 0.15) is 24.5 Å². The van der Waals surface area contributed by atoms with Crippen molar-refractivity contribution in [2.75, 3.05) is 13.2 Å². The lowest BCUT2D eigenvalue weighted by Gasteiger charge is -2.08. The number of benzene rings is 1. The molecular weight excluding hydrogens is 298 g/mol. The zero-order chi connectivity index (χ0) is 16.8. The Morgan fingerprint density at radius 1 is 1.30 bits per heavy atom. The molecule has 0 unspecified atom stereocenters. The first-order chi connectivity index (χ1) is 11.0. The predicted molar refractivity (Wildman–Crippen MR) is 83.8 cm³/mol. The third-order valence-corrected chi connectivity index (χ3v) is 3.24. The highest BCUT2D eigenvalue weighted by atomic mass is 16.5. The maximum absolute atomic E-state index is 12.2. The van der Waals surface area contributed by atoms with E-state index >= 15 is 0 Å². The Kier molecular flexibility index (Phi) is 5.41. The van der Waals surface area contributed by atoms with E-state index in [1.54, 1.807) is 6.92 Å². The minimum atomic E-state index is -1.05. The second kappa shape index (κ2) is 7.49. The van der Waals surface area contributed by atoms with E-state index in [1.807, 2.05) is 31.2 Å². The third kappa shape index (κ3) is 4.60. The number of aliphatic carboxylic acids is 1. The SMILES string of the molecule is Cc1cccc(OCCNC(=O)c2c(C)coc2CC(=O)O)c1. The van der Waals surface area contributed by atoms with E-state index < -0.39 is 5.97 Å². The number of rotatable bonds is 7. The highest BCUT2D eigenvalue weighted by Gasteiger charge is 2.20. The Hall–Kier alpha value is -2.76. The van der Waals surface area contributed by atoms with Gasteiger partial charge in [0.25, 0.3) is 5.91 Å². The molecule has 2 N–H and O–H groups in total. The summed E-state index contributed by atoms with van der Waals surface area (Å²) in [4.78, 5) is 23.0. The second-order valence-corrected chi connectivity index (χ2v) is 5.21. The van der Waals surface area contributed by atoms with E-state index in [4.69, 9.17) is 14.3 Å². The van der Waals surface area contributed by atoms with Crippen molar-refractivity contribution in [3.63, 3.8) is 0 Å². The summed E-state index contributed by atoms with van der Waals surface area (Å²) in [6, 6.07) is 7.63. The number of carbonyl (C=O) groups excluding carboxylic acids is 1. The van der Waals surface area contributed by atoms with Gasteiger partial charge in [-0.1, -0.05) is 12.1 Å². The van der Waals surface area contributed by atoms with Crippen LogP contribution in [-0.4, -0.2) is 30.1 Å². The molecule has 0 aliphatic heterocycles. The molecule has 6 heteroatoms. The van der Waals surface area contributed by atoms with Crippen LogP contribution in [0.2, 0.25) is 0 Å². The van der Waals surface area contributed by atoms with E-state index in [0.29, 0.717) is 18.7 Å². The lowest BCUT2D eigenvalue weighted by molar-refractivity contribution is -0.136. The first-order valence-corrected chi connectivity index (χ1v) is 7.24. The fraction of sp³-hybridized carbons (Fsp3) is 0.294. The van der Waals surface area contributed by atoms with Crippen LogP contribution in [0.3, 0.4) is 0 Å². The quantitative estimate of drug-likeness (QED) is 0.765. The molecule has 0 saturated carbocycles. The lowest BCUT2D eigenvalue weighted by atomic mass is 10.1. The van der Waals surface area contributed by atoms with E-state index in [9.17, 15) is 9.59 Å². The highest BCUT2D eigenvalue weighted by Crippen LogP contribution is 2.17. The number of ether oxygens (including phenoxy) is 1. The summed E-state index contributed by atoms with van der Waals surface area (Å²) in [7, 11) is 0. The molecular formula is C17H19NO5. The van der Waals surface area contributed by atoms with Gasteiger partial charge in [-0.15, -0.1) is 0 Å². The summed E-state index contributed by atoms with van der Waals surface area (Å²) >= 11 is 0. The number of carboxylic acid groups (broad SMARTS) is 1. The molecule has 0 spiro atoms. The molecule has 0 aliphatic rings. The second-order valence-electron chi connectivity index (χ2n) is 5.21. The van der Waals surface area contributed by atoms with Gasteiger partial charge in [0, 0.05) is 5.56 Å². The summed E-state index contributed by atoms with van der Waals surface area (Å²) in [6.45, 7) is 4.30. The van der Waals surface area contributed by atoms with Crippen LogP contribution in [-0.2, 0) is 11.2 Å². The van der Waals surface area contributed by atoms with Crippen LogP contribution in [0.5, 0.6) is 5.75 Å². The van der Waals surface area contributed by atoms with Crippen LogP contribution >= 0.6 is 0 Å². The van der Waals surface area contributed by atoms with Crippen molar-refractivity contribution in [3.8, 4) is 5.75 Å². The zero-order valence-electron chi connectivity index (χ0n) is 13.1. The average Bonchev–Trinajstić information content (AvgIpc) is 2.83. The highest BCUT2D eigenvalue weighted by molar-refractivity contribution is 5.97. The molecule has 2 rings (SSSR count). The van der Waals surface area contributed by atoms with Gasteiger partial charge in [0.05, 0.1) is 18.4 Å². The number of carboxylic acids is 1. The molecule has 23 heavy (non-hydrogen) atoms. The lowest BCUT2D eigenvalue weighted by Crippen LogP contribution is -2.29. The summed E-state index contributed by atoms with van der Waals surface area (Å²) < 4.78 is 10.7. The van der Waals surface area contributed by atoms with Gasteiger partial charge >= 0.3 is 5.97 Å². The molecule has 0 radical (unpaired) electrons. The van der Waals surface area contributed by atoms with Crippen molar-refractivity contribution < 1.29 is 23.8 Å². The van der Waals surface area contributed by atoms with Crippen molar-refractivity contribution in [3.05, 3.63) is 53.0 Å². The summed E-state index contributed by atoms with van der Waals surface area (Å²) in [5.74, 6) is -0.506. The van der Waals surface area contributed by atoms with Gasteiger partial charge in [-0.25, -0.2) is 0 Å². The van der Waals surface area contributed by atoms with Crippen molar-refractivity contribution >= 4 is 11.9 Å². The number of carbonyl (C=O) groups is 2. The fourth-order valence-electron chi connectivity index (χ4n) is 2.20. The van der Waals surface area contributed by atoms with Crippen molar-refractivity contribution in [1.29, 1.82) is 0 Å². The van der Waals surface area contributed by atoms with Gasteiger partial charge in [-0.05, 0) is 31.5 Å². The summed E-state index contributed by atoms with van der Waals surface area (Å²) in [6.07, 6.45) is 1.06. The van der Waals surface area contributed by atoms with Gasteiger partial charge in [0.15, 0.2) is 0 Å². The van der Waals surface area contributed by atoms with Crippen LogP contribution in [0, 0.1) is 13.8 Å². The molecule has 2 aromatic rings. The molecule has 0 bridgehead atoms. The smallest absolute Gasteiger partial charge is 0.311 e. The third-order valence-electron chi connectivity index (χ3n) is 3.24. The minimum absolute atomic E-state index is 0.159. The van der Waals surface area contributed by atoms with Crippen molar-refractivity contribution in [2.45, 2.75) is 20.3 Å². The monoisotopic (exact) mass is 317 g/mol. The maximum atomic E-state index is 12.2. The molecule has 0 saturated heterocycles. The number of hydrogen-bond acceptors (Lipinski definition) is 4. The Balaban J connectivity index is 1.88. The Bertz CT molecular complexity index is 705. The largest absolute Gasteiger partial charge is 0.492 e. The Morgan fingerprint density at radius 2 is 2.09 bits per heavy atom. The van der Waals surface area contributed by atoms with Gasteiger partial charge in [0.2, 0.25) is 0 Å². The predicted octanol–water partition coefficient (Wildman–Crippen LogP) is 2.33. The van der Waals surface area contributed by atoms with Crippen LogP contribution in [0.15, 0.2) is 34.9 Å². The van der Waals surface area contributed by atoms with Crippen LogP contribution in [0.1, 0.15) is 27.2 Å². The van der Waals surface area contributed by atoms with Gasteiger partial charge in [-0.2, -0.15) is 0 Å². The molecule has 1 amide bonds. The van der Waals surface area contributed by atoms with Crippen LogP contribution in [0.25, 0.3) is 0 Å². The first-order valence-electron chi connectivity index (χ1n) is 7.24. The Labute approximate surface area is 134 Å². The molecule has 1 heterocycles. The molecule has 1 aromatic heterocycles. The summed E-state index contributed by atoms with van der Waals surface area (Å²) in [5, 5.41) is 11.5. The minimum Gasteiger partial charge on any atom is -0.492 e. The van der Waals surface area contributed by atoms with Gasteiger partial charge < -0.3 is 19.6 Å². The maximum Gasteiger partial charge on any atom is 0.311 e. The van der Waals surface area contributed by atoms with E-state index in [1.165, 1.54) is 6.26 Å². The van der Waals surface area contributed by atoms with Crippen molar-refractivity contribution in [2.24, 2.45) is 0 Å². The van der Waals surface area contributed by atoms with E-state index in [0.717, 1.165) is 11.3 Å². The average molecular weight is 317 g/mol. The molecule has 0 fully saturated rings. The van der Waals surface area contributed by atoms with Gasteiger partial charge in [-0.3, -0.25) is 9.59 Å². The van der Waals surface area contributed by atoms with Crippen LogP contribution < -0.4 is 10.1 Å². The molecule has 6 nitrogen and oxygen atoms in total. The topological polar surface area (TPSA) is 88.8 Å². The molecule has 0 atom stereocenters. The fourth-order valence-corrected chi connectivity index (χ4v) is 2.20. The van der Waals surface area contributed by atoms with Crippen molar-refractivity contribution in [1.82, 2.24) is 5.32 Å². The number of amides is 1. The number of aryl methyl sites for hydroxylation is 2. The van der Waals surface area contributed by atoms with E-state index in [-0.39, 0.29) is 23.7 Å². The molecule has 0 aliphatic carbocycles. The summed E-state index contributed by atoms with van der Waals surface area (Å²) in [5.41, 5.74) is 1.99. The molecule has 122 valence electrons. The zero-order valence-corrected chi connectivity index (χ0v) is 13.1. The number of hydrogen-bond donors (Lipinski definition) is 2.